The highest BCUT2D eigenvalue weighted by atomic mass is 19.1. The Labute approximate surface area is 156 Å². The van der Waals surface area contributed by atoms with Crippen molar-refractivity contribution in [2.75, 3.05) is 0 Å². The van der Waals surface area contributed by atoms with Crippen LogP contribution in [0.25, 0.3) is 0 Å². The van der Waals surface area contributed by atoms with Crippen molar-refractivity contribution in [1.29, 1.82) is 0 Å². The molecule has 0 aliphatic carbocycles. The first kappa shape index (κ1) is 18.4. The zero-order chi connectivity index (χ0) is 19.1. The normalized spacial score (nSPS) is 10.4. The first-order valence-corrected chi connectivity index (χ1v) is 8.59. The molecule has 0 aliphatic rings. The Bertz CT molecular complexity index is 950. The van der Waals surface area contributed by atoms with Crippen LogP contribution in [0.3, 0.4) is 0 Å². The van der Waals surface area contributed by atoms with E-state index in [9.17, 15) is 14.0 Å². The van der Waals surface area contributed by atoms with Crippen LogP contribution in [0.2, 0.25) is 0 Å². The molecule has 1 heterocycles. The quantitative estimate of drug-likeness (QED) is 0.705. The third kappa shape index (κ3) is 5.54. The molecule has 0 saturated carbocycles. The van der Waals surface area contributed by atoms with Crippen molar-refractivity contribution in [2.24, 2.45) is 0 Å². The van der Waals surface area contributed by atoms with Crippen LogP contribution >= 0.6 is 0 Å². The van der Waals surface area contributed by atoms with Gasteiger partial charge in [-0.25, -0.2) is 9.18 Å². The molecule has 0 aliphatic heterocycles. The van der Waals surface area contributed by atoms with Crippen LogP contribution in [0.5, 0.6) is 0 Å². The Morgan fingerprint density at radius 1 is 0.815 bits per heavy atom. The number of aromatic nitrogens is 1. The summed E-state index contributed by atoms with van der Waals surface area (Å²) >= 11 is 0. The summed E-state index contributed by atoms with van der Waals surface area (Å²) in [4.78, 5) is 23.6. The largest absolute Gasteiger partial charge is 0.334 e. The Morgan fingerprint density at radius 2 is 1.37 bits per heavy atom. The van der Waals surface area contributed by atoms with Crippen LogP contribution < -0.4 is 16.2 Å². The molecular formula is C21H20FN3O2. The maximum atomic E-state index is 12.8. The third-order valence-electron chi connectivity index (χ3n) is 4.09. The third-order valence-corrected chi connectivity index (χ3v) is 4.09. The lowest BCUT2D eigenvalue weighted by molar-refractivity contribution is 0.240. The summed E-state index contributed by atoms with van der Waals surface area (Å²) in [6.07, 6.45) is 1.75. The van der Waals surface area contributed by atoms with Gasteiger partial charge in [-0.2, -0.15) is 0 Å². The zero-order valence-electron chi connectivity index (χ0n) is 14.7. The number of pyridine rings is 1. The van der Waals surface area contributed by atoms with Gasteiger partial charge in [0.05, 0.1) is 6.54 Å². The summed E-state index contributed by atoms with van der Waals surface area (Å²) in [5.41, 5.74) is 2.75. The van der Waals surface area contributed by atoms with Gasteiger partial charge < -0.3 is 15.2 Å². The Hall–Kier alpha value is -3.41. The monoisotopic (exact) mass is 365 g/mol. The van der Waals surface area contributed by atoms with Gasteiger partial charge in [-0.15, -0.1) is 0 Å². The lowest BCUT2D eigenvalue weighted by atomic mass is 10.1. The number of nitrogens with zero attached hydrogens (tertiary/aromatic N) is 1. The molecule has 2 N–H and O–H groups in total. The van der Waals surface area contributed by atoms with Crippen LogP contribution in [0.1, 0.15) is 16.7 Å². The summed E-state index contributed by atoms with van der Waals surface area (Å²) < 4.78 is 14.5. The van der Waals surface area contributed by atoms with E-state index in [0.717, 1.165) is 16.7 Å². The predicted octanol–water partition coefficient (Wildman–Crippen LogP) is 3.04. The molecule has 6 heteroatoms. The molecule has 0 spiro atoms. The number of hydrogen-bond donors (Lipinski definition) is 2. The number of hydrogen-bond acceptors (Lipinski definition) is 2. The maximum Gasteiger partial charge on any atom is 0.315 e. The van der Waals surface area contributed by atoms with Gasteiger partial charge in [0.15, 0.2) is 0 Å². The van der Waals surface area contributed by atoms with Crippen molar-refractivity contribution in [2.45, 2.75) is 19.6 Å². The molecule has 0 atom stereocenters. The van der Waals surface area contributed by atoms with Crippen molar-refractivity contribution < 1.29 is 9.18 Å². The highest BCUT2D eigenvalue weighted by Crippen LogP contribution is 2.06. The Morgan fingerprint density at radius 3 is 1.96 bits per heavy atom. The minimum atomic E-state index is -0.302. The Balaban J connectivity index is 1.46. The van der Waals surface area contributed by atoms with E-state index in [1.165, 1.54) is 18.2 Å². The van der Waals surface area contributed by atoms with E-state index < -0.39 is 0 Å². The van der Waals surface area contributed by atoms with Gasteiger partial charge in [0.1, 0.15) is 5.82 Å². The standard InChI is InChI=1S/C21H20FN3O2/c22-19-10-8-17(9-11-19)14-24-21(27)23-13-16-4-6-18(7-5-16)15-25-12-2-1-3-20(25)26/h1-12H,13-15H2,(H2,23,24,27). The number of urea groups is 1. The van der Waals surface area contributed by atoms with Crippen LogP contribution in [0.15, 0.2) is 77.7 Å². The van der Waals surface area contributed by atoms with Gasteiger partial charge in [-0.1, -0.05) is 42.5 Å². The number of benzene rings is 2. The van der Waals surface area contributed by atoms with Gasteiger partial charge >= 0.3 is 6.03 Å². The molecule has 5 nitrogen and oxygen atoms in total. The van der Waals surface area contributed by atoms with E-state index in [1.54, 1.807) is 29.0 Å². The number of halogens is 1. The Kier molecular flexibility index (Phi) is 5.99. The highest BCUT2D eigenvalue weighted by molar-refractivity contribution is 5.73. The number of rotatable bonds is 6. The molecule has 3 aromatic rings. The lowest BCUT2D eigenvalue weighted by Gasteiger charge is -2.09. The zero-order valence-corrected chi connectivity index (χ0v) is 14.7. The molecule has 3 rings (SSSR count). The molecular weight excluding hydrogens is 345 g/mol. The van der Waals surface area contributed by atoms with Gasteiger partial charge in [-0.05, 0) is 34.9 Å². The number of amides is 2. The molecule has 0 unspecified atom stereocenters. The number of carbonyl (C=O) groups excluding carboxylic acids is 1. The van der Waals surface area contributed by atoms with Crippen molar-refractivity contribution in [3.63, 3.8) is 0 Å². The first-order valence-electron chi connectivity index (χ1n) is 8.59. The van der Waals surface area contributed by atoms with Crippen LogP contribution in [-0.2, 0) is 19.6 Å². The second-order valence-corrected chi connectivity index (χ2v) is 6.15. The average Bonchev–Trinajstić information content (AvgIpc) is 2.69. The molecule has 138 valence electrons. The van der Waals surface area contributed by atoms with Gasteiger partial charge in [0.25, 0.3) is 5.56 Å². The fraction of sp³-hybridized carbons (Fsp3) is 0.143. The van der Waals surface area contributed by atoms with Gasteiger partial charge in [0.2, 0.25) is 0 Å². The van der Waals surface area contributed by atoms with Gasteiger partial charge in [-0.3, -0.25) is 4.79 Å². The average molecular weight is 365 g/mol. The smallest absolute Gasteiger partial charge is 0.315 e. The fourth-order valence-corrected chi connectivity index (χ4v) is 2.58. The van der Waals surface area contributed by atoms with Crippen molar-refractivity contribution >= 4 is 6.03 Å². The molecule has 0 radical (unpaired) electrons. The first-order chi connectivity index (χ1) is 13.1. The topological polar surface area (TPSA) is 63.1 Å². The lowest BCUT2D eigenvalue weighted by Crippen LogP contribution is -2.34. The molecule has 0 bridgehead atoms. The molecule has 2 amide bonds. The highest BCUT2D eigenvalue weighted by Gasteiger charge is 2.02. The minimum Gasteiger partial charge on any atom is -0.334 e. The van der Waals surface area contributed by atoms with Crippen molar-refractivity contribution in [3.05, 3.63) is 106 Å². The van der Waals surface area contributed by atoms with Crippen LogP contribution in [0, 0.1) is 5.82 Å². The number of nitrogens with one attached hydrogen (secondary N) is 2. The van der Waals surface area contributed by atoms with E-state index in [4.69, 9.17) is 0 Å². The minimum absolute atomic E-state index is 0.0407. The fourth-order valence-electron chi connectivity index (χ4n) is 2.58. The summed E-state index contributed by atoms with van der Waals surface area (Å²) in [6.45, 7) is 1.23. The van der Waals surface area contributed by atoms with Gasteiger partial charge in [0, 0.05) is 25.4 Å². The molecule has 27 heavy (non-hydrogen) atoms. The number of carbonyl (C=O) groups is 1. The summed E-state index contributed by atoms with van der Waals surface area (Å²) in [5, 5.41) is 5.51. The summed E-state index contributed by atoms with van der Waals surface area (Å²) in [6, 6.07) is 18.5. The van der Waals surface area contributed by atoms with E-state index in [-0.39, 0.29) is 17.4 Å². The van der Waals surface area contributed by atoms with E-state index in [0.29, 0.717) is 19.6 Å². The molecule has 2 aromatic carbocycles. The second kappa shape index (κ2) is 8.80. The van der Waals surface area contributed by atoms with Crippen LogP contribution in [0.4, 0.5) is 9.18 Å². The SMILES string of the molecule is O=C(NCc1ccc(F)cc1)NCc1ccc(Cn2ccccc2=O)cc1. The molecule has 0 fully saturated rings. The molecule has 0 saturated heterocycles. The van der Waals surface area contributed by atoms with Crippen LogP contribution in [-0.4, -0.2) is 10.6 Å². The van der Waals surface area contributed by atoms with Crippen molar-refractivity contribution in [3.8, 4) is 0 Å². The summed E-state index contributed by atoms with van der Waals surface area (Å²) in [5.74, 6) is -0.302. The van der Waals surface area contributed by atoms with E-state index >= 15 is 0 Å². The summed E-state index contributed by atoms with van der Waals surface area (Å²) in [7, 11) is 0. The second-order valence-electron chi connectivity index (χ2n) is 6.15. The van der Waals surface area contributed by atoms with E-state index in [1.807, 2.05) is 30.3 Å². The van der Waals surface area contributed by atoms with E-state index in [2.05, 4.69) is 10.6 Å². The predicted molar refractivity (Wildman–Crippen MR) is 102 cm³/mol. The van der Waals surface area contributed by atoms with Crippen molar-refractivity contribution in [1.82, 2.24) is 15.2 Å². The molecule has 1 aromatic heterocycles. The maximum absolute atomic E-state index is 12.8.